The van der Waals surface area contributed by atoms with Gasteiger partial charge in [0.15, 0.2) is 11.4 Å². The molecule has 0 bridgehead atoms. The lowest BCUT2D eigenvalue weighted by Gasteiger charge is -2.33. The number of likely N-dealkylation sites (tertiary alicyclic amines) is 1. The molecule has 32 heavy (non-hydrogen) atoms. The van der Waals surface area contributed by atoms with Gasteiger partial charge in [0.1, 0.15) is 6.33 Å². The molecular formula is C24H28N6O2. The van der Waals surface area contributed by atoms with Crippen molar-refractivity contribution in [3.63, 3.8) is 0 Å². The second-order valence-electron chi connectivity index (χ2n) is 9.31. The number of rotatable bonds is 5. The van der Waals surface area contributed by atoms with Crippen LogP contribution in [0.3, 0.4) is 0 Å². The minimum absolute atomic E-state index is 0.0147. The van der Waals surface area contributed by atoms with Crippen LogP contribution in [0.5, 0.6) is 5.75 Å². The second-order valence-corrected chi connectivity index (χ2v) is 9.31. The van der Waals surface area contributed by atoms with Crippen molar-refractivity contribution in [3.05, 3.63) is 46.8 Å². The summed E-state index contributed by atoms with van der Waals surface area (Å²) < 4.78 is 9.25. The molecular weight excluding hydrogens is 404 g/mol. The molecule has 4 aromatic rings. The number of nitrogens with one attached hydrogen (secondary N) is 1. The van der Waals surface area contributed by atoms with E-state index in [0.29, 0.717) is 11.4 Å². The predicted molar refractivity (Wildman–Crippen MR) is 123 cm³/mol. The molecule has 1 atom stereocenters. The zero-order valence-electron chi connectivity index (χ0n) is 18.5. The summed E-state index contributed by atoms with van der Waals surface area (Å²) in [5, 5.41) is 4.28. The maximum Gasteiger partial charge on any atom is 0.326 e. The first-order valence-electron chi connectivity index (χ1n) is 11.5. The van der Waals surface area contributed by atoms with Gasteiger partial charge in [0, 0.05) is 24.8 Å². The van der Waals surface area contributed by atoms with Crippen molar-refractivity contribution in [2.24, 2.45) is 5.92 Å². The average Bonchev–Trinajstić information content (AvgIpc) is 3.36. The van der Waals surface area contributed by atoms with Gasteiger partial charge >= 0.3 is 5.69 Å². The average molecular weight is 433 g/mol. The number of imidazole rings is 1. The third-order valence-electron chi connectivity index (χ3n) is 6.99. The van der Waals surface area contributed by atoms with Gasteiger partial charge in [-0.25, -0.2) is 14.3 Å². The molecule has 1 saturated heterocycles. The van der Waals surface area contributed by atoms with E-state index in [2.05, 4.69) is 39.0 Å². The number of benzene rings is 1. The number of aromatic nitrogens is 5. The highest BCUT2D eigenvalue weighted by molar-refractivity contribution is 5.85. The van der Waals surface area contributed by atoms with Crippen LogP contribution in [0.1, 0.15) is 37.3 Å². The third kappa shape index (κ3) is 3.30. The fourth-order valence-corrected chi connectivity index (χ4v) is 5.22. The molecule has 6 rings (SSSR count). The Morgan fingerprint density at radius 2 is 2.09 bits per heavy atom. The number of hydrogen-bond donors (Lipinski definition) is 1. The lowest BCUT2D eigenvalue weighted by Crippen LogP contribution is -2.40. The number of H-pyrrole nitrogens is 1. The van der Waals surface area contributed by atoms with Gasteiger partial charge < -0.3 is 14.6 Å². The number of nitrogens with zero attached hydrogens (tertiary/aromatic N) is 5. The summed E-state index contributed by atoms with van der Waals surface area (Å²) in [5.41, 5.74) is 5.65. The van der Waals surface area contributed by atoms with E-state index in [9.17, 15) is 4.79 Å². The second kappa shape index (κ2) is 7.48. The molecule has 8 nitrogen and oxygen atoms in total. The van der Waals surface area contributed by atoms with Crippen molar-refractivity contribution < 1.29 is 4.74 Å². The highest BCUT2D eigenvalue weighted by atomic mass is 16.5. The van der Waals surface area contributed by atoms with Crippen LogP contribution in [0.4, 0.5) is 0 Å². The molecule has 1 aromatic carbocycles. The van der Waals surface area contributed by atoms with Gasteiger partial charge in [0.2, 0.25) is 0 Å². The van der Waals surface area contributed by atoms with Gasteiger partial charge in [-0.3, -0.25) is 4.57 Å². The maximum absolute atomic E-state index is 13.0. The van der Waals surface area contributed by atoms with Gasteiger partial charge in [-0.2, -0.15) is 5.10 Å². The first-order valence-corrected chi connectivity index (χ1v) is 11.5. The highest BCUT2D eigenvalue weighted by Gasteiger charge is 2.29. The molecule has 1 aliphatic heterocycles. The van der Waals surface area contributed by atoms with Gasteiger partial charge in [-0.1, -0.05) is 0 Å². The van der Waals surface area contributed by atoms with Crippen LogP contribution in [-0.2, 0) is 0 Å². The summed E-state index contributed by atoms with van der Waals surface area (Å²) in [6, 6.07) is 6.41. The maximum atomic E-state index is 13.0. The molecule has 166 valence electrons. The van der Waals surface area contributed by atoms with Gasteiger partial charge in [-0.05, 0) is 74.4 Å². The molecule has 4 heterocycles. The Labute approximate surface area is 185 Å². The molecule has 0 spiro atoms. The fraction of sp³-hybridized carbons (Fsp3) is 0.458. The van der Waals surface area contributed by atoms with Crippen molar-refractivity contribution in [2.45, 2.75) is 38.6 Å². The number of methoxy groups -OCH3 is 1. The van der Waals surface area contributed by atoms with Crippen LogP contribution >= 0.6 is 0 Å². The molecule has 2 aliphatic rings. The molecule has 1 unspecified atom stereocenters. The van der Waals surface area contributed by atoms with Crippen molar-refractivity contribution >= 4 is 16.7 Å². The van der Waals surface area contributed by atoms with E-state index in [-0.39, 0.29) is 11.7 Å². The quantitative estimate of drug-likeness (QED) is 0.523. The third-order valence-corrected chi connectivity index (χ3v) is 6.99. The topological polar surface area (TPSA) is 80.5 Å². The Morgan fingerprint density at radius 1 is 1.22 bits per heavy atom. The summed E-state index contributed by atoms with van der Waals surface area (Å²) >= 11 is 0. The molecule has 3 aromatic heterocycles. The lowest BCUT2D eigenvalue weighted by molar-refractivity contribution is 0.171. The number of pyridine rings is 1. The van der Waals surface area contributed by atoms with Gasteiger partial charge in [0.05, 0.1) is 24.2 Å². The van der Waals surface area contributed by atoms with E-state index < -0.39 is 0 Å². The first kappa shape index (κ1) is 19.5. The Hall–Kier alpha value is -3.13. The molecule has 1 saturated carbocycles. The van der Waals surface area contributed by atoms with Crippen LogP contribution in [-0.4, -0.2) is 55.8 Å². The summed E-state index contributed by atoms with van der Waals surface area (Å²) in [6.45, 7) is 5.39. The predicted octanol–water partition coefficient (Wildman–Crippen LogP) is 3.40. The van der Waals surface area contributed by atoms with Crippen molar-refractivity contribution in [1.29, 1.82) is 0 Å². The van der Waals surface area contributed by atoms with E-state index >= 15 is 0 Å². The van der Waals surface area contributed by atoms with E-state index in [1.807, 2.05) is 16.8 Å². The fourth-order valence-electron chi connectivity index (χ4n) is 5.22. The molecule has 8 heteroatoms. The van der Waals surface area contributed by atoms with E-state index in [1.54, 1.807) is 11.6 Å². The van der Waals surface area contributed by atoms with E-state index in [1.165, 1.54) is 25.7 Å². The molecule has 1 N–H and O–H groups in total. The SMILES string of the molecule is COc1cc(-c2cc3[nH]c(=O)n(C4CCCN(CC5CC5)C4)c3cc2C)cn2ncnc12. The number of ether oxygens (including phenoxy) is 1. The summed E-state index contributed by atoms with van der Waals surface area (Å²) in [4.78, 5) is 23.0. The highest BCUT2D eigenvalue weighted by Crippen LogP contribution is 2.34. The van der Waals surface area contributed by atoms with Crippen molar-refractivity contribution in [2.75, 3.05) is 26.7 Å². The Morgan fingerprint density at radius 3 is 2.91 bits per heavy atom. The number of aryl methyl sites for hydroxylation is 1. The number of piperidine rings is 1. The minimum atomic E-state index is -0.0147. The minimum Gasteiger partial charge on any atom is -0.493 e. The lowest BCUT2D eigenvalue weighted by atomic mass is 10.00. The number of hydrogen-bond acceptors (Lipinski definition) is 5. The van der Waals surface area contributed by atoms with Crippen LogP contribution in [0.15, 0.2) is 35.5 Å². The molecule has 0 radical (unpaired) electrons. The normalized spacial score (nSPS) is 19.8. The van der Waals surface area contributed by atoms with E-state index in [4.69, 9.17) is 4.74 Å². The number of fused-ring (bicyclic) bond motifs is 2. The largest absolute Gasteiger partial charge is 0.493 e. The first-order chi connectivity index (χ1) is 15.6. The molecule has 2 fully saturated rings. The van der Waals surface area contributed by atoms with Gasteiger partial charge in [-0.15, -0.1) is 0 Å². The zero-order valence-corrected chi connectivity index (χ0v) is 18.5. The van der Waals surface area contributed by atoms with E-state index in [0.717, 1.165) is 59.6 Å². The van der Waals surface area contributed by atoms with Crippen LogP contribution in [0, 0.1) is 12.8 Å². The summed E-state index contributed by atoms with van der Waals surface area (Å²) in [6.07, 6.45) is 8.39. The van der Waals surface area contributed by atoms with Crippen LogP contribution in [0.25, 0.3) is 27.8 Å². The zero-order chi connectivity index (χ0) is 21.8. The monoisotopic (exact) mass is 432 g/mol. The standard InChI is InChI=1S/C24H28N6O2/c1-15-8-21-20(10-19(15)17-9-22(32-2)23-25-14-26-29(23)12-17)27-24(31)30(21)18-4-3-7-28(13-18)11-16-5-6-16/h8-10,12,14,16,18H,3-7,11,13H2,1-2H3,(H,27,31). The smallest absolute Gasteiger partial charge is 0.326 e. The summed E-state index contributed by atoms with van der Waals surface area (Å²) in [7, 11) is 1.64. The van der Waals surface area contributed by atoms with Gasteiger partial charge in [0.25, 0.3) is 0 Å². The number of aromatic amines is 1. The Bertz CT molecular complexity index is 1360. The van der Waals surface area contributed by atoms with Crippen LogP contribution in [0.2, 0.25) is 0 Å². The van der Waals surface area contributed by atoms with Crippen LogP contribution < -0.4 is 10.4 Å². The van der Waals surface area contributed by atoms with Crippen molar-refractivity contribution in [3.8, 4) is 16.9 Å². The summed E-state index contributed by atoms with van der Waals surface area (Å²) in [5.74, 6) is 1.54. The Kier molecular flexibility index (Phi) is 4.57. The van der Waals surface area contributed by atoms with Crippen molar-refractivity contribution in [1.82, 2.24) is 29.0 Å². The molecule has 0 amide bonds. The molecule has 1 aliphatic carbocycles. The Balaban J connectivity index is 1.40.